The molecule has 1 aromatic carbocycles. The number of carboxylic acids is 1. The first-order chi connectivity index (χ1) is 11.2. The Morgan fingerprint density at radius 3 is 2.21 bits per heavy atom. The highest BCUT2D eigenvalue weighted by molar-refractivity contribution is 5.88. The molecule has 6 nitrogen and oxygen atoms in total. The molecular weight excluding hydrogens is 306 g/mol. The van der Waals surface area contributed by atoms with Crippen LogP contribution < -0.4 is 11.1 Å². The van der Waals surface area contributed by atoms with E-state index in [1.165, 1.54) is 0 Å². The minimum atomic E-state index is -0.927. The van der Waals surface area contributed by atoms with Gasteiger partial charge in [0.05, 0.1) is 11.6 Å². The predicted octanol–water partition coefficient (Wildman–Crippen LogP) is 2.16. The smallest absolute Gasteiger partial charge is 0.335 e. The normalized spacial score (nSPS) is 17.4. The average molecular weight is 333 g/mol. The lowest BCUT2D eigenvalue weighted by atomic mass is 9.86. The number of carboxylic acid groups (broad SMARTS) is 1. The summed E-state index contributed by atoms with van der Waals surface area (Å²) in [6.07, 6.45) is 1.70. The Labute approximate surface area is 143 Å². The highest BCUT2D eigenvalue weighted by Crippen LogP contribution is 2.22. The fraction of sp³-hybridized carbons (Fsp3) is 0.556. The molecule has 2 rings (SSSR count). The Hall–Kier alpha value is -2.08. The van der Waals surface area contributed by atoms with Crippen LogP contribution in [0.2, 0.25) is 0 Å². The van der Waals surface area contributed by atoms with Gasteiger partial charge in [-0.05, 0) is 42.5 Å². The van der Waals surface area contributed by atoms with Crippen molar-refractivity contribution in [2.75, 3.05) is 18.4 Å². The number of amides is 1. The standard InChI is InChI=1S/C18H27N3O3/c1-18(2,3)15(19)16(22)21-10-8-14(9-11-21)20-13-6-4-12(5-7-13)17(23)24/h4-7,14-15,20H,8-11,19H2,1-3H3,(H,23,24)/t15-/m1/s1. The largest absolute Gasteiger partial charge is 0.478 e. The Morgan fingerprint density at radius 2 is 1.75 bits per heavy atom. The Balaban J connectivity index is 1.86. The maximum atomic E-state index is 12.4. The van der Waals surface area contributed by atoms with E-state index in [-0.39, 0.29) is 22.9 Å². The number of anilines is 1. The van der Waals surface area contributed by atoms with Crippen LogP contribution in [0.5, 0.6) is 0 Å². The number of carbonyl (C=O) groups excluding carboxylic acids is 1. The van der Waals surface area contributed by atoms with Crippen molar-refractivity contribution in [3.8, 4) is 0 Å². The molecule has 0 aliphatic carbocycles. The zero-order valence-electron chi connectivity index (χ0n) is 14.6. The van der Waals surface area contributed by atoms with Gasteiger partial charge >= 0.3 is 5.97 Å². The van der Waals surface area contributed by atoms with E-state index in [4.69, 9.17) is 10.8 Å². The molecule has 0 bridgehead atoms. The molecule has 4 N–H and O–H groups in total. The summed E-state index contributed by atoms with van der Waals surface area (Å²) >= 11 is 0. The van der Waals surface area contributed by atoms with Gasteiger partial charge in [-0.25, -0.2) is 4.79 Å². The summed E-state index contributed by atoms with van der Waals surface area (Å²) in [5, 5.41) is 12.3. The van der Waals surface area contributed by atoms with Crippen molar-refractivity contribution in [1.29, 1.82) is 0 Å². The molecule has 0 aromatic heterocycles. The molecule has 6 heteroatoms. The SMILES string of the molecule is CC(C)(C)[C@H](N)C(=O)N1CCC(Nc2ccc(C(=O)O)cc2)CC1. The zero-order valence-corrected chi connectivity index (χ0v) is 14.6. The highest BCUT2D eigenvalue weighted by Gasteiger charge is 2.32. The monoisotopic (exact) mass is 333 g/mol. The molecule has 0 unspecified atom stereocenters. The van der Waals surface area contributed by atoms with E-state index in [1.54, 1.807) is 24.3 Å². The average Bonchev–Trinajstić information content (AvgIpc) is 2.54. The number of nitrogens with one attached hydrogen (secondary N) is 1. The summed E-state index contributed by atoms with van der Waals surface area (Å²) in [6, 6.07) is 6.52. The molecule has 1 heterocycles. The van der Waals surface area contributed by atoms with Crippen LogP contribution in [0, 0.1) is 5.41 Å². The van der Waals surface area contributed by atoms with Gasteiger partial charge in [0, 0.05) is 24.8 Å². The molecule has 132 valence electrons. The summed E-state index contributed by atoms with van der Waals surface area (Å²) in [5.41, 5.74) is 7.00. The van der Waals surface area contributed by atoms with Crippen LogP contribution in [0.15, 0.2) is 24.3 Å². The van der Waals surface area contributed by atoms with Crippen molar-refractivity contribution in [1.82, 2.24) is 4.90 Å². The summed E-state index contributed by atoms with van der Waals surface area (Å²) in [4.78, 5) is 25.1. The molecule has 0 saturated carbocycles. The topological polar surface area (TPSA) is 95.7 Å². The molecule has 1 aliphatic heterocycles. The van der Waals surface area contributed by atoms with Crippen molar-refractivity contribution >= 4 is 17.6 Å². The molecule has 1 fully saturated rings. The van der Waals surface area contributed by atoms with Gasteiger partial charge in [-0.2, -0.15) is 0 Å². The summed E-state index contributed by atoms with van der Waals surface area (Å²) in [7, 11) is 0. The van der Waals surface area contributed by atoms with E-state index in [1.807, 2.05) is 25.7 Å². The second kappa shape index (κ2) is 7.21. The van der Waals surface area contributed by atoms with Crippen LogP contribution in [0.4, 0.5) is 5.69 Å². The number of nitrogens with zero attached hydrogens (tertiary/aromatic N) is 1. The van der Waals surface area contributed by atoms with Gasteiger partial charge in [0.2, 0.25) is 5.91 Å². The predicted molar refractivity (Wildman–Crippen MR) is 94.1 cm³/mol. The molecule has 24 heavy (non-hydrogen) atoms. The van der Waals surface area contributed by atoms with E-state index in [9.17, 15) is 9.59 Å². The number of hydrogen-bond donors (Lipinski definition) is 3. The Bertz CT molecular complexity index is 585. The minimum absolute atomic E-state index is 0.0201. The van der Waals surface area contributed by atoms with Crippen LogP contribution in [0.3, 0.4) is 0 Å². The van der Waals surface area contributed by atoms with Gasteiger partial charge in [-0.1, -0.05) is 20.8 Å². The number of likely N-dealkylation sites (tertiary alicyclic amines) is 1. The number of benzene rings is 1. The number of hydrogen-bond acceptors (Lipinski definition) is 4. The van der Waals surface area contributed by atoms with Crippen molar-refractivity contribution in [2.24, 2.45) is 11.1 Å². The minimum Gasteiger partial charge on any atom is -0.478 e. The van der Waals surface area contributed by atoms with Crippen molar-refractivity contribution in [3.05, 3.63) is 29.8 Å². The summed E-state index contributed by atoms with van der Waals surface area (Å²) < 4.78 is 0. The van der Waals surface area contributed by atoms with Gasteiger partial charge in [0.15, 0.2) is 0 Å². The van der Waals surface area contributed by atoms with E-state index in [0.29, 0.717) is 13.1 Å². The van der Waals surface area contributed by atoms with Crippen LogP contribution in [0.1, 0.15) is 44.0 Å². The molecule has 1 saturated heterocycles. The number of rotatable bonds is 4. The van der Waals surface area contributed by atoms with Crippen LogP contribution in [-0.2, 0) is 4.79 Å². The second-order valence-corrected chi connectivity index (χ2v) is 7.47. The molecule has 1 aliphatic rings. The zero-order chi connectivity index (χ0) is 17.9. The number of piperidine rings is 1. The Kier molecular flexibility index (Phi) is 5.49. The third-order valence-electron chi connectivity index (χ3n) is 4.51. The lowest BCUT2D eigenvalue weighted by Crippen LogP contribution is -2.53. The summed E-state index contributed by atoms with van der Waals surface area (Å²) in [5.74, 6) is -0.907. The van der Waals surface area contributed by atoms with E-state index < -0.39 is 12.0 Å². The van der Waals surface area contributed by atoms with E-state index in [2.05, 4.69) is 5.32 Å². The molecular formula is C18H27N3O3. The summed E-state index contributed by atoms with van der Waals surface area (Å²) in [6.45, 7) is 7.31. The lowest BCUT2D eigenvalue weighted by molar-refractivity contribution is -0.135. The van der Waals surface area contributed by atoms with Gasteiger partial charge in [-0.15, -0.1) is 0 Å². The maximum Gasteiger partial charge on any atom is 0.335 e. The fourth-order valence-corrected chi connectivity index (χ4v) is 2.76. The van der Waals surface area contributed by atoms with Gasteiger partial charge in [-0.3, -0.25) is 4.79 Å². The van der Waals surface area contributed by atoms with Gasteiger partial charge < -0.3 is 21.1 Å². The second-order valence-electron chi connectivity index (χ2n) is 7.47. The van der Waals surface area contributed by atoms with Crippen LogP contribution in [0.25, 0.3) is 0 Å². The van der Waals surface area contributed by atoms with E-state index in [0.717, 1.165) is 18.5 Å². The van der Waals surface area contributed by atoms with Crippen LogP contribution >= 0.6 is 0 Å². The number of aromatic carboxylic acids is 1. The van der Waals surface area contributed by atoms with Gasteiger partial charge in [0.1, 0.15) is 0 Å². The molecule has 1 aromatic rings. The van der Waals surface area contributed by atoms with Gasteiger partial charge in [0.25, 0.3) is 0 Å². The van der Waals surface area contributed by atoms with Crippen LogP contribution in [-0.4, -0.2) is 47.1 Å². The highest BCUT2D eigenvalue weighted by atomic mass is 16.4. The molecule has 1 amide bonds. The maximum absolute atomic E-state index is 12.4. The lowest BCUT2D eigenvalue weighted by Gasteiger charge is -2.37. The third-order valence-corrected chi connectivity index (χ3v) is 4.51. The molecule has 1 atom stereocenters. The van der Waals surface area contributed by atoms with Crippen molar-refractivity contribution in [2.45, 2.75) is 45.7 Å². The number of nitrogens with two attached hydrogens (primary N) is 1. The van der Waals surface area contributed by atoms with E-state index >= 15 is 0 Å². The van der Waals surface area contributed by atoms with Crippen molar-refractivity contribution in [3.63, 3.8) is 0 Å². The fourth-order valence-electron chi connectivity index (χ4n) is 2.76. The first-order valence-electron chi connectivity index (χ1n) is 8.33. The first-order valence-corrected chi connectivity index (χ1v) is 8.33. The molecule has 0 radical (unpaired) electrons. The number of carbonyl (C=O) groups is 2. The first kappa shape index (κ1) is 18.3. The van der Waals surface area contributed by atoms with Crippen molar-refractivity contribution < 1.29 is 14.7 Å². The third kappa shape index (κ3) is 4.47. The molecule has 0 spiro atoms. The Morgan fingerprint density at radius 1 is 1.21 bits per heavy atom. The quantitative estimate of drug-likeness (QED) is 0.785.